The molecule has 0 bridgehead atoms. The average molecular weight is 1300 g/mol. The van der Waals surface area contributed by atoms with E-state index in [2.05, 4.69) is 83.1 Å². The van der Waals surface area contributed by atoms with Crippen LogP contribution in [0.5, 0.6) is 0 Å². The quantitative estimate of drug-likeness (QED) is 0.0156. The van der Waals surface area contributed by atoms with Gasteiger partial charge < -0.3 is 96.4 Å². The van der Waals surface area contributed by atoms with Gasteiger partial charge in [0.1, 0.15) is 51.9 Å². The number of nitrogen functional groups attached to an aromatic ring is 1. The second kappa shape index (κ2) is 34.5. The molecule has 4 aromatic heterocycles. The van der Waals surface area contributed by atoms with Crippen molar-refractivity contribution in [3.05, 3.63) is 56.8 Å². The number of H-pyrrole nitrogens is 1. The number of imidazole rings is 1. The predicted molar refractivity (Wildman–Crippen MR) is 330 cm³/mol. The van der Waals surface area contributed by atoms with Gasteiger partial charge in [-0.05, 0) is 66.0 Å². The van der Waals surface area contributed by atoms with Crippen LogP contribution < -0.4 is 76.1 Å². The van der Waals surface area contributed by atoms with Crippen molar-refractivity contribution in [2.75, 3.05) is 50.8 Å². The van der Waals surface area contributed by atoms with Crippen LogP contribution in [-0.2, 0) is 35.2 Å². The number of aliphatic hydroxyl groups excluding tert-OH is 3. The highest BCUT2D eigenvalue weighted by Gasteiger charge is 2.43. The van der Waals surface area contributed by atoms with E-state index in [9.17, 15) is 58.5 Å². The summed E-state index contributed by atoms with van der Waals surface area (Å²) in [5.41, 5.74) is 23.0. The van der Waals surface area contributed by atoms with Crippen LogP contribution in [0.3, 0.4) is 0 Å². The summed E-state index contributed by atoms with van der Waals surface area (Å²) in [7, 11) is 0. The molecular formula is C54H82N20O12S3. The number of aromatic nitrogens is 6. The van der Waals surface area contributed by atoms with E-state index in [1.165, 1.54) is 62.9 Å². The van der Waals surface area contributed by atoms with Crippen molar-refractivity contribution in [1.29, 1.82) is 0 Å². The Kier molecular flexibility index (Phi) is 27.3. The van der Waals surface area contributed by atoms with Gasteiger partial charge in [-0.2, -0.15) is 11.8 Å². The fourth-order valence-corrected chi connectivity index (χ4v) is 12.7. The van der Waals surface area contributed by atoms with Gasteiger partial charge in [-0.1, -0.05) is 13.3 Å². The number of fused-ring (bicyclic) bond motifs is 1. The molecule has 22 N–H and O–H groups in total. The van der Waals surface area contributed by atoms with Gasteiger partial charge in [-0.25, -0.2) is 29.7 Å². The maximum absolute atomic E-state index is 14.0. The largest absolute Gasteiger partial charge is 0.391 e. The van der Waals surface area contributed by atoms with Crippen molar-refractivity contribution in [3.63, 3.8) is 0 Å². The minimum Gasteiger partial charge on any atom is -0.391 e. The Hall–Kier alpha value is -7.51. The number of aliphatic hydroxyl groups is 3. The molecule has 0 unspecified atom stereocenters. The third-order valence-electron chi connectivity index (χ3n) is 14.8. The number of thiazole rings is 2. The Morgan fingerprint density at radius 3 is 2.25 bits per heavy atom. The summed E-state index contributed by atoms with van der Waals surface area (Å²) in [5.74, 6) is -6.45. The van der Waals surface area contributed by atoms with E-state index < -0.39 is 96.3 Å². The lowest BCUT2D eigenvalue weighted by Gasteiger charge is -2.29. The van der Waals surface area contributed by atoms with E-state index in [-0.39, 0.29) is 83.7 Å². The summed E-state index contributed by atoms with van der Waals surface area (Å²) in [6.45, 7) is 7.72. The van der Waals surface area contributed by atoms with E-state index in [1.807, 2.05) is 11.8 Å². The minimum absolute atomic E-state index is 0.0391. The predicted octanol–water partition coefficient (Wildman–Crippen LogP) is -3.12. The molecule has 12 atom stereocenters. The van der Waals surface area contributed by atoms with Crippen molar-refractivity contribution in [2.45, 2.75) is 151 Å². The zero-order valence-electron chi connectivity index (χ0n) is 49.8. The first kappa shape index (κ1) is 70.6. The lowest BCUT2D eigenvalue weighted by Crippen LogP contribution is -2.57. The van der Waals surface area contributed by atoms with Crippen LogP contribution in [0.1, 0.15) is 127 Å². The Balaban J connectivity index is 0.893. The van der Waals surface area contributed by atoms with E-state index in [0.29, 0.717) is 53.4 Å². The van der Waals surface area contributed by atoms with Gasteiger partial charge >= 0.3 is 6.03 Å². The number of hydrogen-bond donors (Lipinski definition) is 18. The molecule has 488 valence electrons. The van der Waals surface area contributed by atoms with Crippen molar-refractivity contribution >= 4 is 93.5 Å². The molecular weight excluding hydrogens is 1220 g/mol. The molecule has 89 heavy (non-hydrogen) atoms. The van der Waals surface area contributed by atoms with Crippen molar-refractivity contribution in [3.8, 4) is 10.7 Å². The van der Waals surface area contributed by atoms with E-state index in [0.717, 1.165) is 44.4 Å². The van der Waals surface area contributed by atoms with Crippen molar-refractivity contribution in [1.82, 2.24) is 83.1 Å². The Morgan fingerprint density at radius 2 is 1.53 bits per heavy atom. The van der Waals surface area contributed by atoms with Gasteiger partial charge in [-0.15, -0.1) is 22.7 Å². The SMILES string of the molecule is Cc1c(N)nc([C@H](CC(N)=O)NC[C@H](N)C(N)=O)nc1C(=O)N[C@H](C(=O)N[C@H](C)[C@@H](O)[C@H](C)C(=O)N[C@H](C(=O)NCCc1nc(-c2nc(C(=O)NCCCNCCCCNC(=O)CCCC[C@@H]3SC[C@@H]4NC(=O)N[C@@H]43)cs2)cs1)[C@@H](C)O)[C@@H](O)c1c[nH]cn1. The van der Waals surface area contributed by atoms with Gasteiger partial charge in [0.2, 0.25) is 35.4 Å². The normalized spacial score (nSPS) is 18.3. The molecule has 2 aliphatic heterocycles. The standard InChI is InChI=1S/C54H82N20O12S3/c1-25-39(70-47(74-45(25)57)30(18-36(56)76)64-19-29(55)46(58)80)51(84)72-42(44(79)31-20-60-24-65-31)52(85)66-27(3)43(78)26(2)48(81)71-40(28(4)75)50(83)63-17-12-38-67-34(23-88-38)53-68-33(22-89-53)49(82)62-16-9-14-59-13-7-8-15-61-37(77)11-6-5-10-35-41-32(21-87-35)69-54(86)73-41/h20,22-24,26-30,32,35,40-44,59,64,75,78-79H,5-19,21,55H2,1-4H3,(H2,56,76)(H2,58,80)(H,60,65)(H,61,77)(H,62,82)(H,63,83)(H,66,85)(H,71,81)(H,72,84)(H2,57,70,74)(H2,69,73,86)/t26-,27+,28+,29-,30-,32-,35-,40-,41-,42-,43-,44-/m0/s1. The average Bonchev–Trinajstić information content (AvgIpc) is 3.85. The number of primary amides is 2. The van der Waals surface area contributed by atoms with Crippen LogP contribution in [0.4, 0.5) is 10.6 Å². The number of amides is 10. The number of unbranched alkanes of at least 4 members (excludes halogenated alkanes) is 2. The first-order chi connectivity index (χ1) is 42.4. The molecule has 2 fully saturated rings. The summed E-state index contributed by atoms with van der Waals surface area (Å²) in [5, 5.41) is 66.4. The highest BCUT2D eigenvalue weighted by molar-refractivity contribution is 8.00. The van der Waals surface area contributed by atoms with Gasteiger partial charge in [0.25, 0.3) is 11.8 Å². The molecule has 6 heterocycles. The number of thioether (sulfide) groups is 1. The number of aromatic amines is 1. The van der Waals surface area contributed by atoms with Gasteiger partial charge in [0, 0.05) is 79.0 Å². The topological polar surface area (TPSA) is 519 Å². The number of urea groups is 1. The molecule has 0 aliphatic carbocycles. The summed E-state index contributed by atoms with van der Waals surface area (Å²) < 4.78 is 0. The van der Waals surface area contributed by atoms with Crippen LogP contribution in [-0.4, -0.2) is 197 Å². The number of hydrogen-bond acceptors (Lipinski definition) is 24. The summed E-state index contributed by atoms with van der Waals surface area (Å²) in [4.78, 5) is 139. The molecule has 0 aromatic carbocycles. The third kappa shape index (κ3) is 21.0. The first-order valence-corrected chi connectivity index (χ1v) is 32.0. The Bertz CT molecular complexity index is 3060. The molecule has 32 nitrogen and oxygen atoms in total. The number of nitrogens with two attached hydrogens (primary N) is 4. The second-order valence-corrected chi connectivity index (χ2v) is 24.8. The van der Waals surface area contributed by atoms with Gasteiger partial charge in [-0.3, -0.25) is 38.4 Å². The lowest BCUT2D eigenvalue weighted by atomic mass is 9.96. The van der Waals surface area contributed by atoms with Gasteiger partial charge in [0.05, 0.1) is 65.4 Å². The number of carbonyl (C=O) groups is 9. The summed E-state index contributed by atoms with van der Waals surface area (Å²) >= 11 is 4.45. The maximum atomic E-state index is 14.0. The van der Waals surface area contributed by atoms with Crippen LogP contribution >= 0.6 is 34.4 Å². The zero-order chi connectivity index (χ0) is 64.9. The first-order valence-electron chi connectivity index (χ1n) is 29.2. The van der Waals surface area contributed by atoms with Crippen LogP contribution in [0.25, 0.3) is 10.7 Å². The number of nitrogens with one attached hydrogen (secondary N) is 11. The fourth-order valence-electron chi connectivity index (χ4n) is 9.55. The van der Waals surface area contributed by atoms with E-state index in [4.69, 9.17) is 22.9 Å². The molecule has 0 spiro atoms. The van der Waals surface area contributed by atoms with Crippen LogP contribution in [0.15, 0.2) is 23.3 Å². The Labute approximate surface area is 525 Å². The highest BCUT2D eigenvalue weighted by Crippen LogP contribution is 2.33. The van der Waals surface area contributed by atoms with Crippen LogP contribution in [0.2, 0.25) is 0 Å². The zero-order valence-corrected chi connectivity index (χ0v) is 52.3. The molecule has 35 heteroatoms. The molecule has 0 saturated carbocycles. The second-order valence-electron chi connectivity index (χ2n) is 21.8. The molecule has 0 radical (unpaired) electrons. The monoisotopic (exact) mass is 1300 g/mol. The molecule has 10 amide bonds. The third-order valence-corrected chi connectivity index (χ3v) is 18.1. The lowest BCUT2D eigenvalue weighted by molar-refractivity contribution is -0.136. The molecule has 4 aromatic rings. The van der Waals surface area contributed by atoms with Crippen molar-refractivity contribution < 1.29 is 58.5 Å². The van der Waals surface area contributed by atoms with E-state index in [1.54, 1.807) is 10.8 Å². The molecule has 2 saturated heterocycles. The van der Waals surface area contributed by atoms with Gasteiger partial charge in [0.15, 0.2) is 0 Å². The maximum Gasteiger partial charge on any atom is 0.315 e. The van der Waals surface area contributed by atoms with Crippen molar-refractivity contribution in [2.24, 2.45) is 23.1 Å². The molecule has 6 rings (SSSR count). The minimum atomic E-state index is -1.84. The number of nitrogens with zero attached hydrogens (tertiary/aromatic N) is 5. The summed E-state index contributed by atoms with van der Waals surface area (Å²) in [6, 6.07) is -6.55. The number of carbonyl (C=O) groups excluding carboxylic acids is 9. The van der Waals surface area contributed by atoms with E-state index >= 15 is 0 Å². The highest BCUT2D eigenvalue weighted by atomic mass is 32.2. The fraction of sp³-hybridized carbons (Fsp3) is 0.593. The molecule has 2 aliphatic rings. The number of anilines is 1. The van der Waals surface area contributed by atoms with Crippen LogP contribution in [0, 0.1) is 12.8 Å². The Morgan fingerprint density at radius 1 is 0.787 bits per heavy atom. The summed E-state index contributed by atoms with van der Waals surface area (Å²) in [6.07, 6.45) is 3.16. The number of rotatable bonds is 38. The smallest absolute Gasteiger partial charge is 0.315 e.